The summed E-state index contributed by atoms with van der Waals surface area (Å²) in [6.45, 7) is 10.9. The Bertz CT molecular complexity index is 751. The van der Waals surface area contributed by atoms with Gasteiger partial charge in [-0.15, -0.1) is 0 Å². The Morgan fingerprint density at radius 2 is 1.73 bits per heavy atom. The van der Waals surface area contributed by atoms with Gasteiger partial charge in [0.15, 0.2) is 0 Å². The molecule has 0 bridgehead atoms. The molecule has 2 aromatic carbocycles. The van der Waals surface area contributed by atoms with Crippen LogP contribution in [0, 0.1) is 6.92 Å². The van der Waals surface area contributed by atoms with Crippen LogP contribution in [0.3, 0.4) is 0 Å². The molecule has 4 nitrogen and oxygen atoms in total. The Labute approximate surface area is 156 Å². The lowest BCUT2D eigenvalue weighted by atomic mass is 9.93. The van der Waals surface area contributed by atoms with Crippen molar-refractivity contribution in [3.8, 4) is 11.5 Å². The van der Waals surface area contributed by atoms with Gasteiger partial charge in [-0.05, 0) is 79.8 Å². The van der Waals surface area contributed by atoms with Gasteiger partial charge in [-0.3, -0.25) is 4.79 Å². The third kappa shape index (κ3) is 4.57. The van der Waals surface area contributed by atoms with E-state index in [1.54, 1.807) is 19.2 Å². The number of nitrogens with one attached hydrogen (secondary N) is 1. The van der Waals surface area contributed by atoms with Crippen LogP contribution in [0.15, 0.2) is 36.4 Å². The quantitative estimate of drug-likeness (QED) is 0.759. The van der Waals surface area contributed by atoms with Gasteiger partial charge in [0.25, 0.3) is 5.91 Å². The first-order valence-corrected chi connectivity index (χ1v) is 9.09. The molecule has 0 unspecified atom stereocenters. The third-order valence-corrected chi connectivity index (χ3v) is 4.48. The molecule has 0 saturated carbocycles. The smallest absolute Gasteiger partial charge is 0.251 e. The maximum atomic E-state index is 12.6. The first-order valence-electron chi connectivity index (χ1n) is 9.09. The zero-order chi connectivity index (χ0) is 19.3. The summed E-state index contributed by atoms with van der Waals surface area (Å²) in [7, 11) is 1.69. The Kier molecular flexibility index (Phi) is 6.67. The van der Waals surface area contributed by atoms with Gasteiger partial charge in [0.05, 0.1) is 19.8 Å². The normalized spacial score (nSPS) is 12.0. The molecule has 0 aliphatic carbocycles. The van der Waals surface area contributed by atoms with E-state index >= 15 is 0 Å². The molecule has 0 heterocycles. The summed E-state index contributed by atoms with van der Waals surface area (Å²) >= 11 is 0. The highest BCUT2D eigenvalue weighted by Gasteiger charge is 2.17. The first kappa shape index (κ1) is 19.8. The van der Waals surface area contributed by atoms with Crippen LogP contribution in [0.5, 0.6) is 11.5 Å². The highest BCUT2D eigenvalue weighted by Crippen LogP contribution is 2.32. The van der Waals surface area contributed by atoms with E-state index in [-0.39, 0.29) is 11.9 Å². The van der Waals surface area contributed by atoms with Crippen LogP contribution in [0.4, 0.5) is 0 Å². The lowest BCUT2D eigenvalue weighted by Gasteiger charge is -2.21. The number of hydrogen-bond donors (Lipinski definition) is 1. The standard InChI is InChI=1S/C22H29NO3/c1-7-26-18-10-8-17(9-11-18)22(24)23-16(5)20-13-19(14(2)3)21(25-6)12-15(20)4/h8-14,16H,7H2,1-6H3,(H,23,24)/t16-/m1/s1. The molecule has 1 amide bonds. The Morgan fingerprint density at radius 1 is 1.08 bits per heavy atom. The van der Waals surface area contributed by atoms with Crippen molar-refractivity contribution in [1.29, 1.82) is 0 Å². The molecular formula is C22H29NO3. The summed E-state index contributed by atoms with van der Waals surface area (Å²) < 4.78 is 10.9. The largest absolute Gasteiger partial charge is 0.496 e. The predicted molar refractivity (Wildman–Crippen MR) is 105 cm³/mol. The van der Waals surface area contributed by atoms with Crippen molar-refractivity contribution in [3.63, 3.8) is 0 Å². The molecule has 0 fully saturated rings. The summed E-state index contributed by atoms with van der Waals surface area (Å²) in [6, 6.07) is 11.3. The first-order chi connectivity index (χ1) is 12.4. The maximum Gasteiger partial charge on any atom is 0.251 e. The molecule has 0 spiro atoms. The number of hydrogen-bond acceptors (Lipinski definition) is 3. The lowest BCUT2D eigenvalue weighted by Crippen LogP contribution is -2.27. The van der Waals surface area contributed by atoms with Crippen molar-refractivity contribution in [1.82, 2.24) is 5.32 Å². The Morgan fingerprint density at radius 3 is 2.27 bits per heavy atom. The second-order valence-electron chi connectivity index (χ2n) is 6.76. The highest BCUT2D eigenvalue weighted by atomic mass is 16.5. The number of methoxy groups -OCH3 is 1. The maximum absolute atomic E-state index is 12.6. The second kappa shape index (κ2) is 8.75. The molecule has 0 aromatic heterocycles. The van der Waals surface area contributed by atoms with Crippen LogP contribution in [0.25, 0.3) is 0 Å². The van der Waals surface area contributed by atoms with Gasteiger partial charge in [-0.25, -0.2) is 0 Å². The van der Waals surface area contributed by atoms with E-state index in [4.69, 9.17) is 9.47 Å². The predicted octanol–water partition coefficient (Wildman–Crippen LogP) is 5.02. The summed E-state index contributed by atoms with van der Waals surface area (Å²) in [5.41, 5.74) is 3.98. The number of carbonyl (C=O) groups excluding carboxylic acids is 1. The monoisotopic (exact) mass is 355 g/mol. The summed E-state index contributed by atoms with van der Waals surface area (Å²) in [4.78, 5) is 12.6. The average Bonchev–Trinajstić information content (AvgIpc) is 2.61. The molecule has 2 rings (SSSR count). The SMILES string of the molecule is CCOc1ccc(C(=O)N[C@H](C)c2cc(C(C)C)c(OC)cc2C)cc1. The molecule has 26 heavy (non-hydrogen) atoms. The number of rotatable bonds is 7. The van der Waals surface area contributed by atoms with Crippen molar-refractivity contribution in [2.45, 2.75) is 46.6 Å². The van der Waals surface area contributed by atoms with E-state index in [1.165, 1.54) is 0 Å². The van der Waals surface area contributed by atoms with E-state index < -0.39 is 0 Å². The highest BCUT2D eigenvalue weighted by molar-refractivity contribution is 5.94. The summed E-state index contributed by atoms with van der Waals surface area (Å²) in [5, 5.41) is 3.09. The van der Waals surface area contributed by atoms with Gasteiger partial charge in [0.1, 0.15) is 11.5 Å². The van der Waals surface area contributed by atoms with Crippen LogP contribution in [-0.4, -0.2) is 19.6 Å². The molecule has 0 aliphatic heterocycles. The topological polar surface area (TPSA) is 47.6 Å². The fraction of sp³-hybridized carbons (Fsp3) is 0.409. The molecule has 1 atom stereocenters. The van der Waals surface area contributed by atoms with Gasteiger partial charge < -0.3 is 14.8 Å². The van der Waals surface area contributed by atoms with E-state index in [2.05, 4.69) is 25.2 Å². The van der Waals surface area contributed by atoms with Crippen LogP contribution in [0.1, 0.15) is 66.7 Å². The summed E-state index contributed by atoms with van der Waals surface area (Å²) in [5.74, 6) is 1.91. The van der Waals surface area contributed by atoms with Gasteiger partial charge in [0.2, 0.25) is 0 Å². The minimum atomic E-state index is -0.0996. The van der Waals surface area contributed by atoms with Crippen molar-refractivity contribution in [2.75, 3.05) is 13.7 Å². The van der Waals surface area contributed by atoms with Crippen LogP contribution in [-0.2, 0) is 0 Å². The third-order valence-electron chi connectivity index (χ3n) is 4.48. The number of carbonyl (C=O) groups is 1. The molecule has 4 heteroatoms. The Balaban J connectivity index is 2.19. The van der Waals surface area contributed by atoms with Crippen LogP contribution in [0.2, 0.25) is 0 Å². The minimum Gasteiger partial charge on any atom is -0.496 e. The molecule has 0 aliphatic rings. The fourth-order valence-electron chi connectivity index (χ4n) is 3.04. The van der Waals surface area contributed by atoms with Crippen molar-refractivity contribution >= 4 is 5.91 Å². The summed E-state index contributed by atoms with van der Waals surface area (Å²) in [6.07, 6.45) is 0. The van der Waals surface area contributed by atoms with Crippen molar-refractivity contribution in [3.05, 3.63) is 58.7 Å². The zero-order valence-electron chi connectivity index (χ0n) is 16.6. The molecule has 140 valence electrons. The van der Waals surface area contributed by atoms with Gasteiger partial charge in [0, 0.05) is 5.56 Å². The fourth-order valence-corrected chi connectivity index (χ4v) is 3.04. The average molecular weight is 355 g/mol. The number of benzene rings is 2. The molecule has 0 saturated heterocycles. The number of amides is 1. The van der Waals surface area contributed by atoms with Crippen LogP contribution >= 0.6 is 0 Å². The van der Waals surface area contributed by atoms with Crippen LogP contribution < -0.4 is 14.8 Å². The molecular weight excluding hydrogens is 326 g/mol. The van der Waals surface area contributed by atoms with Gasteiger partial charge in [-0.2, -0.15) is 0 Å². The van der Waals surface area contributed by atoms with E-state index in [9.17, 15) is 4.79 Å². The minimum absolute atomic E-state index is 0.0955. The zero-order valence-corrected chi connectivity index (χ0v) is 16.6. The molecule has 1 N–H and O–H groups in total. The lowest BCUT2D eigenvalue weighted by molar-refractivity contribution is 0.0940. The molecule has 2 aromatic rings. The van der Waals surface area contributed by atoms with Gasteiger partial charge in [-0.1, -0.05) is 13.8 Å². The molecule has 0 radical (unpaired) electrons. The van der Waals surface area contributed by atoms with E-state index in [0.29, 0.717) is 18.1 Å². The van der Waals surface area contributed by atoms with Crippen molar-refractivity contribution < 1.29 is 14.3 Å². The second-order valence-corrected chi connectivity index (χ2v) is 6.76. The van der Waals surface area contributed by atoms with Gasteiger partial charge >= 0.3 is 0 Å². The Hall–Kier alpha value is -2.49. The van der Waals surface area contributed by atoms with E-state index in [1.807, 2.05) is 39.0 Å². The number of ether oxygens (including phenoxy) is 2. The van der Waals surface area contributed by atoms with Crippen molar-refractivity contribution in [2.24, 2.45) is 0 Å². The number of aryl methyl sites for hydroxylation is 1. The van der Waals surface area contributed by atoms with E-state index in [0.717, 1.165) is 28.2 Å².